The van der Waals surface area contributed by atoms with E-state index in [4.69, 9.17) is 0 Å². The molecule has 0 atom stereocenters. The minimum atomic E-state index is -0.603. The van der Waals surface area contributed by atoms with Crippen LogP contribution in [0.3, 0.4) is 0 Å². The first-order valence-electron chi connectivity index (χ1n) is 9.21. The van der Waals surface area contributed by atoms with Crippen LogP contribution in [0.15, 0.2) is 63.5 Å². The van der Waals surface area contributed by atoms with E-state index in [9.17, 15) is 18.8 Å². The first-order chi connectivity index (χ1) is 14.3. The summed E-state index contributed by atoms with van der Waals surface area (Å²) < 4.78 is 16.1. The van der Waals surface area contributed by atoms with E-state index in [-0.39, 0.29) is 12.2 Å². The number of amides is 1. The van der Waals surface area contributed by atoms with Crippen LogP contribution < -0.4 is 16.6 Å². The molecule has 0 radical (unpaired) electrons. The van der Waals surface area contributed by atoms with Crippen molar-refractivity contribution in [2.75, 3.05) is 5.32 Å². The van der Waals surface area contributed by atoms with Gasteiger partial charge >= 0.3 is 5.69 Å². The van der Waals surface area contributed by atoms with E-state index >= 15 is 0 Å². The van der Waals surface area contributed by atoms with Gasteiger partial charge in [-0.2, -0.15) is 0 Å². The number of halogens is 1. The lowest BCUT2D eigenvalue weighted by atomic mass is 10.1. The molecule has 2 aromatic heterocycles. The van der Waals surface area contributed by atoms with Crippen LogP contribution in [0.2, 0.25) is 0 Å². The number of nitrogens with zero attached hydrogens (tertiary/aromatic N) is 2. The molecule has 152 valence electrons. The van der Waals surface area contributed by atoms with Gasteiger partial charge in [-0.15, -0.1) is 11.3 Å². The van der Waals surface area contributed by atoms with E-state index in [1.54, 1.807) is 23.6 Å². The Morgan fingerprint density at radius 1 is 1.10 bits per heavy atom. The molecule has 0 aliphatic heterocycles. The number of thiophene rings is 1. The molecule has 1 N–H and O–H groups in total. The predicted octanol–water partition coefficient (Wildman–Crippen LogP) is 3.61. The highest BCUT2D eigenvalue weighted by molar-refractivity contribution is 7.17. The number of fused-ring (bicyclic) bond motifs is 1. The Kier molecular flexibility index (Phi) is 5.09. The van der Waals surface area contributed by atoms with Gasteiger partial charge in [0.15, 0.2) is 0 Å². The molecule has 0 spiro atoms. The van der Waals surface area contributed by atoms with E-state index in [0.717, 1.165) is 15.7 Å². The van der Waals surface area contributed by atoms with Gasteiger partial charge in [0.05, 0.1) is 11.2 Å². The number of rotatable bonds is 4. The zero-order chi connectivity index (χ0) is 21.4. The van der Waals surface area contributed by atoms with Crippen molar-refractivity contribution in [2.45, 2.75) is 20.4 Å². The Labute approximate surface area is 174 Å². The second-order valence-electron chi connectivity index (χ2n) is 6.99. The number of hydrogen-bond donors (Lipinski definition) is 1. The predicted molar refractivity (Wildman–Crippen MR) is 116 cm³/mol. The number of anilines is 1. The van der Waals surface area contributed by atoms with Crippen molar-refractivity contribution >= 4 is 33.1 Å². The Balaban J connectivity index is 1.83. The van der Waals surface area contributed by atoms with Crippen LogP contribution in [-0.4, -0.2) is 15.0 Å². The maximum Gasteiger partial charge on any atom is 0.336 e. The molecule has 0 fully saturated rings. The molecule has 0 aliphatic rings. The first kappa shape index (κ1) is 19.8. The molecule has 30 heavy (non-hydrogen) atoms. The van der Waals surface area contributed by atoms with Gasteiger partial charge in [-0.05, 0) is 60.7 Å². The summed E-state index contributed by atoms with van der Waals surface area (Å²) in [7, 11) is 0. The smallest absolute Gasteiger partial charge is 0.324 e. The van der Waals surface area contributed by atoms with Crippen LogP contribution in [0, 0.1) is 19.7 Å². The number of benzene rings is 2. The summed E-state index contributed by atoms with van der Waals surface area (Å²) in [4.78, 5) is 38.9. The summed E-state index contributed by atoms with van der Waals surface area (Å²) in [5, 5.41) is 4.30. The van der Waals surface area contributed by atoms with Gasteiger partial charge in [-0.3, -0.25) is 14.2 Å². The third kappa shape index (κ3) is 3.57. The van der Waals surface area contributed by atoms with Crippen molar-refractivity contribution < 1.29 is 9.18 Å². The molecule has 4 rings (SSSR count). The minimum Gasteiger partial charge on any atom is -0.324 e. The Morgan fingerprint density at radius 2 is 1.90 bits per heavy atom. The fraction of sp³-hybridized carbons (Fsp3) is 0.136. The number of aryl methyl sites for hydroxylation is 2. The van der Waals surface area contributed by atoms with Crippen LogP contribution in [0.1, 0.15) is 11.1 Å². The summed E-state index contributed by atoms with van der Waals surface area (Å²) in [6.07, 6.45) is 0. The molecule has 0 saturated heterocycles. The zero-order valence-electron chi connectivity index (χ0n) is 16.3. The van der Waals surface area contributed by atoms with Gasteiger partial charge in [-0.1, -0.05) is 18.2 Å². The number of hydrogen-bond acceptors (Lipinski definition) is 4. The van der Waals surface area contributed by atoms with Crippen molar-refractivity contribution in [1.82, 2.24) is 9.13 Å². The second-order valence-corrected chi connectivity index (χ2v) is 7.91. The van der Waals surface area contributed by atoms with Crippen LogP contribution in [0.4, 0.5) is 10.1 Å². The quantitative estimate of drug-likeness (QED) is 0.545. The fourth-order valence-corrected chi connectivity index (χ4v) is 4.15. The van der Waals surface area contributed by atoms with Gasteiger partial charge < -0.3 is 5.32 Å². The highest BCUT2D eigenvalue weighted by Crippen LogP contribution is 2.19. The van der Waals surface area contributed by atoms with Gasteiger partial charge in [0.25, 0.3) is 5.56 Å². The van der Waals surface area contributed by atoms with Crippen LogP contribution >= 0.6 is 11.3 Å². The van der Waals surface area contributed by atoms with E-state index < -0.39 is 23.0 Å². The van der Waals surface area contributed by atoms with E-state index in [2.05, 4.69) is 5.32 Å². The maximum absolute atomic E-state index is 13.4. The van der Waals surface area contributed by atoms with Crippen molar-refractivity contribution in [2.24, 2.45) is 0 Å². The third-order valence-corrected chi connectivity index (χ3v) is 5.66. The molecule has 2 aromatic carbocycles. The SMILES string of the molecule is Cc1ccc(C)c(-n2c(=O)c3sccc3n(CC(=O)Nc3cccc(F)c3)c2=O)c1. The molecule has 0 bridgehead atoms. The van der Waals surface area contributed by atoms with Crippen molar-refractivity contribution in [3.63, 3.8) is 0 Å². The minimum absolute atomic E-state index is 0.289. The number of carbonyl (C=O) groups is 1. The Bertz CT molecular complexity index is 1400. The summed E-state index contributed by atoms with van der Waals surface area (Å²) in [6.45, 7) is 3.39. The lowest BCUT2D eigenvalue weighted by molar-refractivity contribution is -0.116. The molecule has 0 saturated carbocycles. The second kappa shape index (κ2) is 7.72. The molecule has 1 amide bonds. The molecule has 4 aromatic rings. The lowest BCUT2D eigenvalue weighted by Crippen LogP contribution is -2.40. The van der Waals surface area contributed by atoms with Crippen LogP contribution in [-0.2, 0) is 11.3 Å². The average molecular weight is 423 g/mol. The largest absolute Gasteiger partial charge is 0.336 e. The molecular weight excluding hydrogens is 405 g/mol. The molecular formula is C22H18FN3O3S. The third-order valence-electron chi connectivity index (χ3n) is 4.77. The van der Waals surface area contributed by atoms with Crippen LogP contribution in [0.25, 0.3) is 15.9 Å². The molecule has 8 heteroatoms. The molecule has 0 unspecified atom stereocenters. The topological polar surface area (TPSA) is 73.1 Å². The van der Waals surface area contributed by atoms with Crippen LogP contribution in [0.5, 0.6) is 0 Å². The first-order valence-corrected chi connectivity index (χ1v) is 10.1. The monoisotopic (exact) mass is 423 g/mol. The van der Waals surface area contributed by atoms with Gasteiger partial charge in [-0.25, -0.2) is 13.8 Å². The van der Waals surface area contributed by atoms with Crippen molar-refractivity contribution in [3.8, 4) is 5.69 Å². The maximum atomic E-state index is 13.4. The van der Waals surface area contributed by atoms with Crippen molar-refractivity contribution in [3.05, 3.63) is 91.7 Å². The standard InChI is InChI=1S/C22H18FN3O3S/c1-13-6-7-14(2)18(10-13)26-21(28)20-17(8-9-30-20)25(22(26)29)12-19(27)24-16-5-3-4-15(23)11-16/h3-11H,12H2,1-2H3,(H,24,27). The molecule has 0 aliphatic carbocycles. The van der Waals surface area contributed by atoms with Gasteiger partial charge in [0.2, 0.25) is 5.91 Å². The summed E-state index contributed by atoms with van der Waals surface area (Å²) >= 11 is 1.21. The highest BCUT2D eigenvalue weighted by atomic mass is 32.1. The fourth-order valence-electron chi connectivity index (χ4n) is 3.32. The molecule has 6 nitrogen and oxygen atoms in total. The summed E-state index contributed by atoms with van der Waals surface area (Å²) in [6, 6.07) is 12.7. The zero-order valence-corrected chi connectivity index (χ0v) is 17.1. The Hall–Kier alpha value is -3.52. The lowest BCUT2D eigenvalue weighted by Gasteiger charge is -2.14. The normalized spacial score (nSPS) is 11.0. The number of nitrogens with one attached hydrogen (secondary N) is 1. The van der Waals surface area contributed by atoms with Gasteiger partial charge in [0.1, 0.15) is 17.1 Å². The number of aromatic nitrogens is 2. The number of carbonyl (C=O) groups excluding carboxylic acids is 1. The molecule has 2 heterocycles. The van der Waals surface area contributed by atoms with Gasteiger partial charge in [0, 0.05) is 5.69 Å². The Morgan fingerprint density at radius 3 is 2.67 bits per heavy atom. The average Bonchev–Trinajstić information content (AvgIpc) is 3.18. The summed E-state index contributed by atoms with van der Waals surface area (Å²) in [5.41, 5.74) is 1.83. The highest BCUT2D eigenvalue weighted by Gasteiger charge is 2.18. The summed E-state index contributed by atoms with van der Waals surface area (Å²) in [5.74, 6) is -0.977. The van der Waals surface area contributed by atoms with E-state index in [0.29, 0.717) is 15.9 Å². The van der Waals surface area contributed by atoms with Crippen molar-refractivity contribution in [1.29, 1.82) is 0 Å². The van der Waals surface area contributed by atoms with E-state index in [1.165, 1.54) is 34.1 Å². The van der Waals surface area contributed by atoms with E-state index in [1.807, 2.05) is 26.0 Å².